The van der Waals surface area contributed by atoms with E-state index in [1.165, 1.54) is 12.1 Å². The molecular weight excluding hydrogens is 230 g/mol. The Labute approximate surface area is 96.4 Å². The van der Waals surface area contributed by atoms with Gasteiger partial charge in [-0.3, -0.25) is 14.8 Å². The number of nitro benzene ring substituents is 1. The van der Waals surface area contributed by atoms with E-state index >= 15 is 0 Å². The Balaban J connectivity index is 2.29. The first-order valence-corrected chi connectivity index (χ1v) is 4.95. The minimum absolute atomic E-state index is 0.0775. The van der Waals surface area contributed by atoms with Gasteiger partial charge in [0, 0.05) is 18.5 Å². The summed E-state index contributed by atoms with van der Waals surface area (Å²) in [4.78, 5) is 10.2. The Bertz CT molecular complexity index is 511. The highest BCUT2D eigenvalue weighted by molar-refractivity contribution is 6.32. The molecule has 0 aliphatic rings. The molecule has 0 atom stereocenters. The van der Waals surface area contributed by atoms with Gasteiger partial charge in [-0.2, -0.15) is 5.10 Å². The van der Waals surface area contributed by atoms with Crippen molar-refractivity contribution in [3.63, 3.8) is 0 Å². The van der Waals surface area contributed by atoms with Crippen molar-refractivity contribution in [1.29, 1.82) is 0 Å². The summed E-state index contributed by atoms with van der Waals surface area (Å²) in [6.45, 7) is 0.491. The van der Waals surface area contributed by atoms with Crippen LogP contribution in [0.4, 0.5) is 5.69 Å². The zero-order chi connectivity index (χ0) is 11.5. The Kier molecular flexibility index (Phi) is 2.87. The molecule has 6 heteroatoms. The molecule has 16 heavy (non-hydrogen) atoms. The minimum Gasteiger partial charge on any atom is -0.268 e. The number of nitro groups is 1. The van der Waals surface area contributed by atoms with Gasteiger partial charge in [-0.1, -0.05) is 17.7 Å². The molecule has 5 nitrogen and oxygen atoms in total. The Morgan fingerprint density at radius 3 is 2.94 bits per heavy atom. The van der Waals surface area contributed by atoms with Crippen molar-refractivity contribution in [2.24, 2.45) is 0 Å². The van der Waals surface area contributed by atoms with Crippen molar-refractivity contribution >= 4 is 17.3 Å². The summed E-state index contributed by atoms with van der Waals surface area (Å²) in [7, 11) is 0. The van der Waals surface area contributed by atoms with E-state index in [1.54, 1.807) is 29.2 Å². The van der Waals surface area contributed by atoms with Gasteiger partial charge in [-0.05, 0) is 17.7 Å². The van der Waals surface area contributed by atoms with Crippen LogP contribution < -0.4 is 0 Å². The van der Waals surface area contributed by atoms with Crippen LogP contribution in [0.25, 0.3) is 0 Å². The van der Waals surface area contributed by atoms with Gasteiger partial charge in [0.15, 0.2) is 0 Å². The van der Waals surface area contributed by atoms with Crippen LogP contribution in [0, 0.1) is 10.1 Å². The molecular formula is C10H8ClN3O2. The average molecular weight is 238 g/mol. The Morgan fingerprint density at radius 2 is 2.31 bits per heavy atom. The second-order valence-electron chi connectivity index (χ2n) is 3.25. The third-order valence-electron chi connectivity index (χ3n) is 2.11. The van der Waals surface area contributed by atoms with E-state index in [0.29, 0.717) is 6.54 Å². The maximum atomic E-state index is 10.7. The van der Waals surface area contributed by atoms with Gasteiger partial charge < -0.3 is 0 Å². The molecule has 82 valence electrons. The van der Waals surface area contributed by atoms with Crippen molar-refractivity contribution in [1.82, 2.24) is 9.78 Å². The van der Waals surface area contributed by atoms with Gasteiger partial charge in [0.1, 0.15) is 5.02 Å². The largest absolute Gasteiger partial charge is 0.288 e. The topological polar surface area (TPSA) is 61.0 Å². The number of hydrogen-bond acceptors (Lipinski definition) is 3. The van der Waals surface area contributed by atoms with Gasteiger partial charge >= 0.3 is 0 Å². The van der Waals surface area contributed by atoms with Crippen molar-refractivity contribution in [2.75, 3.05) is 0 Å². The maximum Gasteiger partial charge on any atom is 0.288 e. The summed E-state index contributed by atoms with van der Waals surface area (Å²) >= 11 is 5.71. The molecule has 0 bridgehead atoms. The van der Waals surface area contributed by atoms with E-state index in [0.717, 1.165) is 5.56 Å². The molecule has 0 unspecified atom stereocenters. The van der Waals surface area contributed by atoms with Crippen LogP contribution in [-0.2, 0) is 6.54 Å². The Hall–Kier alpha value is -1.88. The van der Waals surface area contributed by atoms with Crippen molar-refractivity contribution < 1.29 is 4.92 Å². The quantitative estimate of drug-likeness (QED) is 0.609. The normalized spacial score (nSPS) is 10.3. The summed E-state index contributed by atoms with van der Waals surface area (Å²) in [5.74, 6) is 0. The van der Waals surface area contributed by atoms with Crippen molar-refractivity contribution in [2.45, 2.75) is 6.54 Å². The fourth-order valence-electron chi connectivity index (χ4n) is 1.38. The van der Waals surface area contributed by atoms with Gasteiger partial charge in [0.2, 0.25) is 0 Å². The highest BCUT2D eigenvalue weighted by Crippen LogP contribution is 2.25. The number of rotatable bonds is 3. The lowest BCUT2D eigenvalue weighted by Crippen LogP contribution is -2.00. The van der Waals surface area contributed by atoms with Gasteiger partial charge in [-0.15, -0.1) is 0 Å². The monoisotopic (exact) mass is 237 g/mol. The molecule has 0 amide bonds. The number of nitrogens with zero attached hydrogens (tertiary/aromatic N) is 3. The molecule has 0 saturated carbocycles. The molecule has 0 spiro atoms. The number of halogens is 1. The first-order chi connectivity index (χ1) is 7.66. The van der Waals surface area contributed by atoms with Crippen LogP contribution in [0.3, 0.4) is 0 Å². The van der Waals surface area contributed by atoms with Gasteiger partial charge in [0.05, 0.1) is 11.5 Å². The average Bonchev–Trinajstić information content (AvgIpc) is 2.73. The molecule has 0 aliphatic carbocycles. The third-order valence-corrected chi connectivity index (χ3v) is 2.43. The van der Waals surface area contributed by atoms with E-state index in [2.05, 4.69) is 5.10 Å². The van der Waals surface area contributed by atoms with E-state index in [4.69, 9.17) is 11.6 Å². The van der Waals surface area contributed by atoms with Crippen molar-refractivity contribution in [3.05, 3.63) is 57.4 Å². The summed E-state index contributed by atoms with van der Waals surface area (Å²) in [6, 6.07) is 6.53. The molecule has 1 heterocycles. The molecule has 0 saturated heterocycles. The summed E-state index contributed by atoms with van der Waals surface area (Å²) < 4.78 is 1.69. The predicted octanol–water partition coefficient (Wildman–Crippen LogP) is 2.49. The van der Waals surface area contributed by atoms with E-state index < -0.39 is 4.92 Å². The standard InChI is InChI=1S/C10H8ClN3O2/c11-9-3-2-8(6-10(9)14(15)16)7-13-5-1-4-12-13/h1-6H,7H2. The van der Waals surface area contributed by atoms with Gasteiger partial charge in [0.25, 0.3) is 5.69 Å². The lowest BCUT2D eigenvalue weighted by atomic mass is 10.2. The first-order valence-electron chi connectivity index (χ1n) is 4.57. The van der Waals surface area contributed by atoms with E-state index in [9.17, 15) is 10.1 Å². The molecule has 0 radical (unpaired) electrons. The van der Waals surface area contributed by atoms with E-state index in [1.807, 2.05) is 0 Å². The molecule has 2 rings (SSSR count). The van der Waals surface area contributed by atoms with Crippen LogP contribution >= 0.6 is 11.6 Å². The highest BCUT2D eigenvalue weighted by Gasteiger charge is 2.12. The number of hydrogen-bond donors (Lipinski definition) is 0. The molecule has 1 aromatic heterocycles. The van der Waals surface area contributed by atoms with Crippen LogP contribution in [0.5, 0.6) is 0 Å². The van der Waals surface area contributed by atoms with Crippen molar-refractivity contribution in [3.8, 4) is 0 Å². The third kappa shape index (κ3) is 2.20. The fraction of sp³-hybridized carbons (Fsp3) is 0.100. The second-order valence-corrected chi connectivity index (χ2v) is 3.65. The summed E-state index contributed by atoms with van der Waals surface area (Å²) in [5, 5.41) is 14.8. The van der Waals surface area contributed by atoms with E-state index in [-0.39, 0.29) is 10.7 Å². The fourth-order valence-corrected chi connectivity index (χ4v) is 1.56. The second kappa shape index (κ2) is 4.32. The molecule has 0 fully saturated rings. The minimum atomic E-state index is -0.491. The maximum absolute atomic E-state index is 10.7. The molecule has 1 aromatic carbocycles. The Morgan fingerprint density at radius 1 is 1.50 bits per heavy atom. The lowest BCUT2D eigenvalue weighted by molar-refractivity contribution is -0.384. The van der Waals surface area contributed by atoms with Gasteiger partial charge in [-0.25, -0.2) is 0 Å². The lowest BCUT2D eigenvalue weighted by Gasteiger charge is -2.02. The van der Waals surface area contributed by atoms with Crippen LogP contribution in [0.2, 0.25) is 5.02 Å². The SMILES string of the molecule is O=[N+]([O-])c1cc(Cn2cccn2)ccc1Cl. The molecule has 0 N–H and O–H groups in total. The highest BCUT2D eigenvalue weighted by atomic mass is 35.5. The molecule has 2 aromatic rings. The zero-order valence-electron chi connectivity index (χ0n) is 8.21. The predicted molar refractivity (Wildman–Crippen MR) is 59.4 cm³/mol. The zero-order valence-corrected chi connectivity index (χ0v) is 8.96. The summed E-state index contributed by atoms with van der Waals surface area (Å²) in [6.07, 6.45) is 3.45. The smallest absolute Gasteiger partial charge is 0.268 e. The first kappa shape index (κ1) is 10.6. The number of benzene rings is 1. The van der Waals surface area contributed by atoms with Crippen LogP contribution in [0.1, 0.15) is 5.56 Å². The van der Waals surface area contributed by atoms with Crippen LogP contribution in [-0.4, -0.2) is 14.7 Å². The summed E-state index contributed by atoms with van der Waals surface area (Å²) in [5.41, 5.74) is 0.714. The van der Waals surface area contributed by atoms with Crippen LogP contribution in [0.15, 0.2) is 36.7 Å². The molecule has 0 aliphatic heterocycles. The number of aromatic nitrogens is 2.